The smallest absolute Gasteiger partial charge is 0.0409 e. The molecule has 0 saturated heterocycles. The van der Waals surface area contributed by atoms with Gasteiger partial charge in [-0.1, -0.05) is 72.3 Å². The molecule has 1 aliphatic rings. The standard InChI is InChI=1S/C19H13Cl/c20-14-10-11-16-15-8-4-5-9-17(15)19(18(16)12-14)13-6-2-1-3-7-13/h1-12,19H. The number of hydrogen-bond acceptors (Lipinski definition) is 0. The first-order valence-corrected chi connectivity index (χ1v) is 7.16. The van der Waals surface area contributed by atoms with Crippen molar-refractivity contribution in [1.29, 1.82) is 0 Å². The van der Waals surface area contributed by atoms with Crippen molar-refractivity contribution in [2.75, 3.05) is 0 Å². The summed E-state index contributed by atoms with van der Waals surface area (Å²) in [5.41, 5.74) is 6.63. The average molecular weight is 277 g/mol. The number of benzene rings is 3. The topological polar surface area (TPSA) is 0 Å². The molecular weight excluding hydrogens is 264 g/mol. The first-order chi connectivity index (χ1) is 9.84. The van der Waals surface area contributed by atoms with Crippen molar-refractivity contribution in [3.63, 3.8) is 0 Å². The highest BCUT2D eigenvalue weighted by Crippen LogP contribution is 2.48. The summed E-state index contributed by atoms with van der Waals surface area (Å²) in [7, 11) is 0. The predicted octanol–water partition coefficient (Wildman–Crippen LogP) is 5.50. The number of hydrogen-bond donors (Lipinski definition) is 0. The third-order valence-electron chi connectivity index (χ3n) is 4.02. The Balaban J connectivity index is 2.02. The normalized spacial score (nSPS) is 15.8. The Labute approximate surface area is 123 Å². The van der Waals surface area contributed by atoms with Crippen LogP contribution in [0.25, 0.3) is 11.1 Å². The summed E-state index contributed by atoms with van der Waals surface area (Å²) in [5, 5.41) is 0.803. The van der Waals surface area contributed by atoms with Gasteiger partial charge in [-0.3, -0.25) is 0 Å². The third kappa shape index (κ3) is 1.69. The molecule has 1 aliphatic carbocycles. The van der Waals surface area contributed by atoms with Gasteiger partial charge in [0.1, 0.15) is 0 Å². The van der Waals surface area contributed by atoms with E-state index in [1.165, 1.54) is 27.8 Å². The molecule has 0 aromatic heterocycles. The van der Waals surface area contributed by atoms with Gasteiger partial charge in [-0.15, -0.1) is 0 Å². The molecule has 1 unspecified atom stereocenters. The minimum Gasteiger partial charge on any atom is -0.0843 e. The fraction of sp³-hybridized carbons (Fsp3) is 0.0526. The monoisotopic (exact) mass is 276 g/mol. The van der Waals surface area contributed by atoms with Crippen LogP contribution in [-0.2, 0) is 0 Å². The van der Waals surface area contributed by atoms with Crippen LogP contribution in [0.3, 0.4) is 0 Å². The molecule has 1 heteroatoms. The summed E-state index contributed by atoms with van der Waals surface area (Å²) in [6, 6.07) is 25.5. The zero-order valence-corrected chi connectivity index (χ0v) is 11.6. The minimum absolute atomic E-state index is 0.293. The first-order valence-electron chi connectivity index (χ1n) is 6.78. The van der Waals surface area contributed by atoms with Crippen molar-refractivity contribution in [3.05, 3.63) is 94.5 Å². The predicted molar refractivity (Wildman–Crippen MR) is 84.3 cm³/mol. The molecule has 0 heterocycles. The summed E-state index contributed by atoms with van der Waals surface area (Å²) >= 11 is 6.22. The van der Waals surface area contributed by atoms with E-state index < -0.39 is 0 Å². The van der Waals surface area contributed by atoms with Gasteiger partial charge in [-0.05, 0) is 39.9 Å². The average Bonchev–Trinajstić information content (AvgIpc) is 2.81. The van der Waals surface area contributed by atoms with E-state index in [0.29, 0.717) is 5.92 Å². The van der Waals surface area contributed by atoms with Crippen LogP contribution in [0.1, 0.15) is 22.6 Å². The lowest BCUT2D eigenvalue weighted by Crippen LogP contribution is -1.98. The second kappa shape index (κ2) is 4.50. The van der Waals surface area contributed by atoms with Gasteiger partial charge in [0.05, 0.1) is 0 Å². The van der Waals surface area contributed by atoms with E-state index >= 15 is 0 Å². The van der Waals surface area contributed by atoms with Gasteiger partial charge in [-0.25, -0.2) is 0 Å². The maximum atomic E-state index is 6.22. The largest absolute Gasteiger partial charge is 0.0843 e. The second-order valence-electron chi connectivity index (χ2n) is 5.16. The molecule has 0 fully saturated rings. The Morgan fingerprint density at radius 3 is 2.20 bits per heavy atom. The van der Waals surface area contributed by atoms with Gasteiger partial charge in [0, 0.05) is 10.9 Å². The molecule has 0 saturated carbocycles. The summed E-state index contributed by atoms with van der Waals surface area (Å²) in [6.45, 7) is 0. The van der Waals surface area contributed by atoms with Crippen LogP contribution in [0, 0.1) is 0 Å². The van der Waals surface area contributed by atoms with Crippen LogP contribution < -0.4 is 0 Å². The maximum Gasteiger partial charge on any atom is 0.0409 e. The molecule has 0 nitrogen and oxygen atoms in total. The summed E-state index contributed by atoms with van der Waals surface area (Å²) in [5.74, 6) is 0.293. The van der Waals surface area contributed by atoms with Crippen molar-refractivity contribution in [2.24, 2.45) is 0 Å². The highest BCUT2D eigenvalue weighted by Gasteiger charge is 2.29. The summed E-state index contributed by atoms with van der Waals surface area (Å²) in [6.07, 6.45) is 0. The summed E-state index contributed by atoms with van der Waals surface area (Å²) in [4.78, 5) is 0. The Bertz CT molecular complexity index is 775. The molecule has 96 valence electrons. The lowest BCUT2D eigenvalue weighted by atomic mass is 9.89. The van der Waals surface area contributed by atoms with Crippen LogP contribution in [0.15, 0.2) is 72.8 Å². The molecular formula is C19H13Cl. The quantitative estimate of drug-likeness (QED) is 0.430. The Hall–Kier alpha value is -2.05. The summed E-state index contributed by atoms with van der Waals surface area (Å²) < 4.78 is 0. The van der Waals surface area contributed by atoms with E-state index in [1.54, 1.807) is 0 Å². The number of fused-ring (bicyclic) bond motifs is 3. The van der Waals surface area contributed by atoms with Crippen molar-refractivity contribution in [2.45, 2.75) is 5.92 Å². The maximum absolute atomic E-state index is 6.22. The van der Waals surface area contributed by atoms with Gasteiger partial charge in [-0.2, -0.15) is 0 Å². The van der Waals surface area contributed by atoms with Crippen molar-refractivity contribution in [3.8, 4) is 11.1 Å². The first kappa shape index (κ1) is 11.7. The van der Waals surface area contributed by atoms with Gasteiger partial charge >= 0.3 is 0 Å². The molecule has 4 rings (SSSR count). The van der Waals surface area contributed by atoms with Crippen LogP contribution in [0.2, 0.25) is 5.02 Å². The molecule has 0 bridgehead atoms. The molecule has 20 heavy (non-hydrogen) atoms. The van der Waals surface area contributed by atoms with E-state index in [0.717, 1.165) is 5.02 Å². The van der Waals surface area contributed by atoms with Crippen molar-refractivity contribution >= 4 is 11.6 Å². The number of halogens is 1. The van der Waals surface area contributed by atoms with Crippen LogP contribution in [0.4, 0.5) is 0 Å². The van der Waals surface area contributed by atoms with E-state index in [-0.39, 0.29) is 0 Å². The molecule has 3 aromatic carbocycles. The second-order valence-corrected chi connectivity index (χ2v) is 5.60. The molecule has 0 radical (unpaired) electrons. The van der Waals surface area contributed by atoms with Crippen LogP contribution in [-0.4, -0.2) is 0 Å². The fourth-order valence-electron chi connectivity index (χ4n) is 3.18. The highest BCUT2D eigenvalue weighted by molar-refractivity contribution is 6.30. The third-order valence-corrected chi connectivity index (χ3v) is 4.25. The fourth-order valence-corrected chi connectivity index (χ4v) is 3.36. The molecule has 3 aromatic rings. The number of rotatable bonds is 1. The van der Waals surface area contributed by atoms with Gasteiger partial charge in [0.25, 0.3) is 0 Å². The van der Waals surface area contributed by atoms with Crippen LogP contribution in [0.5, 0.6) is 0 Å². The van der Waals surface area contributed by atoms with E-state index in [1.807, 2.05) is 6.07 Å². The molecule has 1 atom stereocenters. The SMILES string of the molecule is Clc1ccc2c(c1)C(c1ccccc1)c1ccccc1-2. The van der Waals surface area contributed by atoms with E-state index in [9.17, 15) is 0 Å². The van der Waals surface area contributed by atoms with Gasteiger partial charge in [0.15, 0.2) is 0 Å². The molecule has 0 amide bonds. The Morgan fingerprint density at radius 2 is 1.35 bits per heavy atom. The van der Waals surface area contributed by atoms with Gasteiger partial charge < -0.3 is 0 Å². The zero-order valence-electron chi connectivity index (χ0n) is 10.9. The van der Waals surface area contributed by atoms with E-state index in [4.69, 9.17) is 11.6 Å². The molecule has 0 aliphatic heterocycles. The van der Waals surface area contributed by atoms with Gasteiger partial charge in [0.2, 0.25) is 0 Å². The van der Waals surface area contributed by atoms with E-state index in [2.05, 4.69) is 66.7 Å². The highest BCUT2D eigenvalue weighted by atomic mass is 35.5. The Kier molecular flexibility index (Phi) is 2.64. The van der Waals surface area contributed by atoms with Crippen molar-refractivity contribution in [1.82, 2.24) is 0 Å². The lowest BCUT2D eigenvalue weighted by molar-refractivity contribution is 1.02. The molecule has 0 spiro atoms. The minimum atomic E-state index is 0.293. The van der Waals surface area contributed by atoms with Crippen LogP contribution >= 0.6 is 11.6 Å². The lowest BCUT2D eigenvalue weighted by Gasteiger charge is -2.14. The van der Waals surface area contributed by atoms with Crippen molar-refractivity contribution < 1.29 is 0 Å². The Morgan fingerprint density at radius 1 is 0.650 bits per heavy atom. The molecule has 0 N–H and O–H groups in total. The zero-order chi connectivity index (χ0) is 13.5.